The van der Waals surface area contributed by atoms with E-state index in [9.17, 15) is 9.59 Å². The molecule has 1 fully saturated rings. The Bertz CT molecular complexity index is 310. The van der Waals surface area contributed by atoms with Crippen LogP contribution in [0.1, 0.15) is 26.7 Å². The first-order valence-corrected chi connectivity index (χ1v) is 5.41. The van der Waals surface area contributed by atoms with Crippen molar-refractivity contribution in [2.45, 2.75) is 32.2 Å². The Morgan fingerprint density at radius 1 is 1.50 bits per heavy atom. The molecule has 0 aromatic heterocycles. The first-order chi connectivity index (χ1) is 7.50. The largest absolute Gasteiger partial charge is 0.480 e. The van der Waals surface area contributed by atoms with Crippen molar-refractivity contribution in [3.8, 4) is 0 Å². The molecule has 1 unspecified atom stereocenters. The summed E-state index contributed by atoms with van der Waals surface area (Å²) in [5, 5.41) is 14.2. The van der Waals surface area contributed by atoms with Crippen LogP contribution in [-0.4, -0.2) is 29.2 Å². The minimum atomic E-state index is -1.14. The number of aliphatic carboxylic acids is 1. The second-order valence-electron chi connectivity index (χ2n) is 4.19. The van der Waals surface area contributed by atoms with Crippen molar-refractivity contribution in [2.75, 3.05) is 6.54 Å². The number of carbonyl (C=O) groups excluding carboxylic acids is 1. The molecule has 1 atom stereocenters. The molecule has 0 radical (unpaired) electrons. The minimum Gasteiger partial charge on any atom is -0.480 e. The van der Waals surface area contributed by atoms with E-state index in [-0.39, 0.29) is 5.92 Å². The molecular formula is C11H18N2O3. The predicted octanol–water partition coefficient (Wildman–Crippen LogP) is 1.11. The van der Waals surface area contributed by atoms with Gasteiger partial charge in [0.2, 0.25) is 0 Å². The van der Waals surface area contributed by atoms with Crippen LogP contribution in [0.3, 0.4) is 0 Å². The molecule has 5 nitrogen and oxygen atoms in total. The number of allylic oxidation sites excluding steroid dienone is 1. The molecule has 0 aromatic rings. The van der Waals surface area contributed by atoms with Gasteiger partial charge in [-0.15, -0.1) is 0 Å². The van der Waals surface area contributed by atoms with Crippen LogP contribution in [0.5, 0.6) is 0 Å². The van der Waals surface area contributed by atoms with Crippen LogP contribution in [0.4, 0.5) is 4.79 Å². The van der Waals surface area contributed by atoms with Gasteiger partial charge in [0.25, 0.3) is 0 Å². The molecule has 1 aliphatic rings. The third-order valence-corrected chi connectivity index (χ3v) is 2.83. The Morgan fingerprint density at radius 2 is 2.12 bits per heavy atom. The zero-order valence-electron chi connectivity index (χ0n) is 9.62. The number of carbonyl (C=O) groups is 2. The van der Waals surface area contributed by atoms with Gasteiger partial charge in [-0.1, -0.05) is 12.2 Å². The fourth-order valence-electron chi connectivity index (χ4n) is 1.54. The van der Waals surface area contributed by atoms with E-state index in [2.05, 4.69) is 10.6 Å². The average Bonchev–Trinajstić information content (AvgIpc) is 3.00. The van der Waals surface area contributed by atoms with E-state index in [4.69, 9.17) is 5.11 Å². The summed E-state index contributed by atoms with van der Waals surface area (Å²) in [6.45, 7) is 3.82. The summed E-state index contributed by atoms with van der Waals surface area (Å²) >= 11 is 0. The number of hydrogen-bond acceptors (Lipinski definition) is 2. The fraction of sp³-hybridized carbons (Fsp3) is 0.636. The number of amides is 2. The second kappa shape index (κ2) is 5.01. The topological polar surface area (TPSA) is 78.4 Å². The summed E-state index contributed by atoms with van der Waals surface area (Å²) in [5.41, 5.74) is -1.14. The van der Waals surface area contributed by atoms with Crippen LogP contribution in [-0.2, 0) is 4.79 Å². The van der Waals surface area contributed by atoms with E-state index in [0.29, 0.717) is 6.54 Å². The molecule has 1 aliphatic carbocycles. The lowest BCUT2D eigenvalue weighted by Gasteiger charge is -2.26. The Morgan fingerprint density at radius 3 is 2.56 bits per heavy atom. The minimum absolute atomic E-state index is 0.0532. The second-order valence-corrected chi connectivity index (χ2v) is 4.19. The summed E-state index contributed by atoms with van der Waals surface area (Å²) in [7, 11) is 0. The number of nitrogens with one attached hydrogen (secondary N) is 2. The van der Waals surface area contributed by atoms with Gasteiger partial charge in [0.05, 0.1) is 0 Å². The van der Waals surface area contributed by atoms with Gasteiger partial charge < -0.3 is 15.7 Å². The number of hydrogen-bond donors (Lipinski definition) is 3. The lowest BCUT2D eigenvalue weighted by atomic mass is 9.96. The molecule has 5 heteroatoms. The molecule has 0 spiro atoms. The molecule has 90 valence electrons. The summed E-state index contributed by atoms with van der Waals surface area (Å²) in [4.78, 5) is 22.6. The van der Waals surface area contributed by atoms with Crippen molar-refractivity contribution in [2.24, 2.45) is 5.92 Å². The number of urea groups is 1. The van der Waals surface area contributed by atoms with E-state index < -0.39 is 17.5 Å². The zero-order valence-corrected chi connectivity index (χ0v) is 9.62. The average molecular weight is 226 g/mol. The summed E-state index contributed by atoms with van der Waals surface area (Å²) in [5.74, 6) is -0.923. The van der Waals surface area contributed by atoms with E-state index in [0.717, 1.165) is 12.8 Å². The van der Waals surface area contributed by atoms with Gasteiger partial charge in [-0.05, 0) is 32.6 Å². The Kier molecular flexibility index (Phi) is 3.93. The monoisotopic (exact) mass is 226 g/mol. The molecular weight excluding hydrogens is 208 g/mol. The Balaban J connectivity index is 2.49. The first kappa shape index (κ1) is 12.5. The summed E-state index contributed by atoms with van der Waals surface area (Å²) < 4.78 is 0. The first-order valence-electron chi connectivity index (χ1n) is 5.41. The van der Waals surface area contributed by atoms with Crippen molar-refractivity contribution in [1.82, 2.24) is 10.6 Å². The molecule has 3 N–H and O–H groups in total. The highest BCUT2D eigenvalue weighted by Gasteiger charge is 2.48. The van der Waals surface area contributed by atoms with Crippen LogP contribution in [0, 0.1) is 5.92 Å². The van der Waals surface area contributed by atoms with Gasteiger partial charge in [0, 0.05) is 6.54 Å². The van der Waals surface area contributed by atoms with Crippen molar-refractivity contribution >= 4 is 12.0 Å². The van der Waals surface area contributed by atoms with E-state index >= 15 is 0 Å². The van der Waals surface area contributed by atoms with Crippen molar-refractivity contribution in [3.05, 3.63) is 12.2 Å². The molecule has 0 heterocycles. The maximum absolute atomic E-state index is 11.5. The van der Waals surface area contributed by atoms with Crippen molar-refractivity contribution in [1.29, 1.82) is 0 Å². The highest BCUT2D eigenvalue weighted by atomic mass is 16.4. The van der Waals surface area contributed by atoms with Crippen molar-refractivity contribution in [3.63, 3.8) is 0 Å². The van der Waals surface area contributed by atoms with Crippen molar-refractivity contribution < 1.29 is 14.7 Å². The van der Waals surface area contributed by atoms with Gasteiger partial charge in [0.15, 0.2) is 0 Å². The molecule has 1 rings (SSSR count). The summed E-state index contributed by atoms with van der Waals surface area (Å²) in [6, 6.07) is -0.435. The normalized spacial score (nSPS) is 19.1. The molecule has 0 saturated heterocycles. The van der Waals surface area contributed by atoms with E-state index in [1.165, 1.54) is 0 Å². The summed E-state index contributed by atoms with van der Waals surface area (Å²) in [6.07, 6.45) is 5.32. The molecule has 0 aliphatic heterocycles. The van der Waals surface area contributed by atoms with Crippen LogP contribution in [0.2, 0.25) is 0 Å². The van der Waals surface area contributed by atoms with Crippen LogP contribution < -0.4 is 10.6 Å². The number of carboxylic acids is 1. The van der Waals surface area contributed by atoms with Crippen LogP contribution in [0.15, 0.2) is 12.2 Å². The molecule has 0 aromatic carbocycles. The predicted molar refractivity (Wildman–Crippen MR) is 60.1 cm³/mol. The SMILES string of the molecule is C/C=C/CNC(=O)NC(C)(C(=O)O)C1CC1. The van der Waals surface area contributed by atoms with E-state index in [1.807, 2.05) is 13.0 Å². The van der Waals surface area contributed by atoms with Gasteiger partial charge in [-0.25, -0.2) is 9.59 Å². The highest BCUT2D eigenvalue weighted by Crippen LogP contribution is 2.39. The fourth-order valence-corrected chi connectivity index (χ4v) is 1.54. The van der Waals surface area contributed by atoms with Gasteiger partial charge in [-0.3, -0.25) is 0 Å². The standard InChI is InChI=1S/C11H18N2O3/c1-3-4-7-12-10(16)13-11(2,9(14)15)8-5-6-8/h3-4,8H,5-7H2,1-2H3,(H,14,15)(H2,12,13,16)/b4-3+. The lowest BCUT2D eigenvalue weighted by molar-refractivity contribution is -0.144. The molecule has 1 saturated carbocycles. The van der Waals surface area contributed by atoms with Crippen LogP contribution in [0.25, 0.3) is 0 Å². The maximum Gasteiger partial charge on any atom is 0.329 e. The van der Waals surface area contributed by atoms with Crippen LogP contribution >= 0.6 is 0 Å². The number of rotatable bonds is 5. The van der Waals surface area contributed by atoms with E-state index in [1.54, 1.807) is 13.0 Å². The maximum atomic E-state index is 11.5. The third kappa shape index (κ3) is 2.98. The van der Waals surface area contributed by atoms with Gasteiger partial charge in [-0.2, -0.15) is 0 Å². The van der Waals surface area contributed by atoms with Gasteiger partial charge in [0.1, 0.15) is 5.54 Å². The quantitative estimate of drug-likeness (QED) is 0.614. The molecule has 16 heavy (non-hydrogen) atoms. The number of carboxylic acid groups (broad SMARTS) is 1. The Labute approximate surface area is 94.9 Å². The third-order valence-electron chi connectivity index (χ3n) is 2.83. The smallest absolute Gasteiger partial charge is 0.329 e. The Hall–Kier alpha value is -1.52. The zero-order chi connectivity index (χ0) is 12.2. The van der Waals surface area contributed by atoms with Gasteiger partial charge >= 0.3 is 12.0 Å². The molecule has 0 bridgehead atoms. The molecule has 2 amide bonds. The lowest BCUT2D eigenvalue weighted by Crippen LogP contribution is -2.56. The highest BCUT2D eigenvalue weighted by molar-refractivity contribution is 5.86.